The highest BCUT2D eigenvalue weighted by atomic mass is 35.5. The van der Waals surface area contributed by atoms with Gasteiger partial charge in [0.25, 0.3) is 10.0 Å². The van der Waals surface area contributed by atoms with E-state index in [0.717, 1.165) is 21.0 Å². The number of aryl methyl sites for hydroxylation is 2. The summed E-state index contributed by atoms with van der Waals surface area (Å²) >= 11 is 12.4. The van der Waals surface area contributed by atoms with Crippen LogP contribution in [0.4, 0.5) is 5.69 Å². The van der Waals surface area contributed by atoms with Crippen LogP contribution in [0, 0.1) is 20.8 Å². The molecule has 0 heterocycles. The number of benzene rings is 3. The Hall–Kier alpha value is -3.07. The normalized spacial score (nSPS) is 12.5. The molecule has 0 spiro atoms. The number of amides is 2. The van der Waals surface area contributed by atoms with Crippen molar-refractivity contribution in [1.29, 1.82) is 0 Å². The lowest BCUT2D eigenvalue weighted by molar-refractivity contribution is -0.141. The molecule has 1 atom stereocenters. The summed E-state index contributed by atoms with van der Waals surface area (Å²) in [7, 11) is -4.16. The first-order chi connectivity index (χ1) is 19.5. The average molecular weight is 633 g/mol. The molecule has 0 fully saturated rings. The van der Waals surface area contributed by atoms with Crippen LogP contribution < -0.4 is 9.62 Å². The van der Waals surface area contributed by atoms with E-state index in [1.54, 1.807) is 42.5 Å². The topological polar surface area (TPSA) is 86.8 Å². The lowest BCUT2D eigenvalue weighted by Gasteiger charge is -2.35. The van der Waals surface area contributed by atoms with Crippen LogP contribution in [0.3, 0.4) is 0 Å². The van der Waals surface area contributed by atoms with E-state index in [0.29, 0.717) is 27.7 Å². The molecule has 42 heavy (non-hydrogen) atoms. The van der Waals surface area contributed by atoms with Gasteiger partial charge in [0.2, 0.25) is 11.8 Å². The SMILES string of the molecule is CC[C@H](C(=O)NC(C)(C)C)N(Cc1ccc(Cl)c(Cl)c1)C(=O)CN(c1cccc(C)c1C)S(=O)(=O)c1ccc(C)cc1. The molecule has 7 nitrogen and oxygen atoms in total. The number of halogens is 2. The lowest BCUT2D eigenvalue weighted by Crippen LogP contribution is -2.55. The van der Waals surface area contributed by atoms with Crippen LogP contribution in [0.2, 0.25) is 10.0 Å². The molecule has 0 aliphatic heterocycles. The van der Waals surface area contributed by atoms with Crippen molar-refractivity contribution >= 4 is 50.7 Å². The predicted molar refractivity (Wildman–Crippen MR) is 171 cm³/mol. The van der Waals surface area contributed by atoms with Crippen LogP contribution in [0.25, 0.3) is 0 Å². The summed E-state index contributed by atoms with van der Waals surface area (Å²) < 4.78 is 29.4. The van der Waals surface area contributed by atoms with Gasteiger partial charge in [0.15, 0.2) is 0 Å². The van der Waals surface area contributed by atoms with E-state index in [1.807, 2.05) is 54.5 Å². The molecule has 3 rings (SSSR count). The van der Waals surface area contributed by atoms with E-state index in [-0.39, 0.29) is 17.3 Å². The van der Waals surface area contributed by atoms with Crippen molar-refractivity contribution in [3.8, 4) is 0 Å². The summed E-state index contributed by atoms with van der Waals surface area (Å²) in [6.07, 6.45) is 0.309. The Morgan fingerprint density at radius 3 is 2.14 bits per heavy atom. The van der Waals surface area contributed by atoms with Gasteiger partial charge < -0.3 is 10.2 Å². The smallest absolute Gasteiger partial charge is 0.264 e. The zero-order valence-corrected chi connectivity index (χ0v) is 27.5. The number of sulfonamides is 1. The Morgan fingerprint density at radius 1 is 0.929 bits per heavy atom. The van der Waals surface area contributed by atoms with Crippen LogP contribution in [0.1, 0.15) is 56.4 Å². The van der Waals surface area contributed by atoms with E-state index in [9.17, 15) is 18.0 Å². The molecule has 3 aromatic carbocycles. The molecule has 0 aliphatic carbocycles. The highest BCUT2D eigenvalue weighted by Gasteiger charge is 2.35. The van der Waals surface area contributed by atoms with E-state index >= 15 is 0 Å². The van der Waals surface area contributed by atoms with E-state index in [4.69, 9.17) is 23.2 Å². The second-order valence-corrected chi connectivity index (χ2v) is 14.2. The Kier molecular flexibility index (Phi) is 10.7. The number of nitrogens with zero attached hydrogens (tertiary/aromatic N) is 2. The van der Waals surface area contributed by atoms with Crippen molar-refractivity contribution in [3.05, 3.63) is 93.0 Å². The maximum absolute atomic E-state index is 14.3. The average Bonchev–Trinajstić information content (AvgIpc) is 2.90. The van der Waals surface area contributed by atoms with Crippen LogP contribution in [0.5, 0.6) is 0 Å². The third-order valence-electron chi connectivity index (χ3n) is 6.95. The number of nitrogens with one attached hydrogen (secondary N) is 1. The molecule has 1 N–H and O–H groups in total. The van der Waals surface area contributed by atoms with Gasteiger partial charge in [-0.05, 0) is 95.0 Å². The minimum atomic E-state index is -4.16. The van der Waals surface area contributed by atoms with Crippen molar-refractivity contribution in [1.82, 2.24) is 10.2 Å². The molecule has 0 saturated carbocycles. The van der Waals surface area contributed by atoms with Gasteiger partial charge in [-0.15, -0.1) is 0 Å². The van der Waals surface area contributed by atoms with Crippen molar-refractivity contribution < 1.29 is 18.0 Å². The summed E-state index contributed by atoms with van der Waals surface area (Å²) in [5.74, 6) is -0.869. The number of hydrogen-bond donors (Lipinski definition) is 1. The Bertz CT molecular complexity index is 1550. The first kappa shape index (κ1) is 33.4. The minimum Gasteiger partial charge on any atom is -0.350 e. The predicted octanol–water partition coefficient (Wildman–Crippen LogP) is 6.84. The summed E-state index contributed by atoms with van der Waals surface area (Å²) in [5.41, 5.74) is 3.03. The van der Waals surface area contributed by atoms with Gasteiger partial charge in [-0.2, -0.15) is 0 Å². The van der Waals surface area contributed by atoms with Gasteiger partial charge in [0, 0.05) is 12.1 Å². The molecule has 0 radical (unpaired) electrons. The second-order valence-electron chi connectivity index (χ2n) is 11.5. The summed E-state index contributed by atoms with van der Waals surface area (Å²) in [6.45, 7) is 12.5. The fraction of sp³-hybridized carbons (Fsp3) is 0.375. The number of anilines is 1. The molecule has 10 heteroatoms. The summed E-state index contributed by atoms with van der Waals surface area (Å²) in [5, 5.41) is 3.64. The molecule has 0 aromatic heterocycles. The Balaban J connectivity index is 2.13. The van der Waals surface area contributed by atoms with Gasteiger partial charge in [0.05, 0.1) is 20.6 Å². The van der Waals surface area contributed by atoms with E-state index < -0.39 is 34.1 Å². The first-order valence-electron chi connectivity index (χ1n) is 13.8. The number of carbonyl (C=O) groups is 2. The third-order valence-corrected chi connectivity index (χ3v) is 9.47. The second kappa shape index (κ2) is 13.5. The van der Waals surface area contributed by atoms with E-state index in [1.165, 1.54) is 17.0 Å². The highest BCUT2D eigenvalue weighted by Crippen LogP contribution is 2.30. The molecule has 3 aromatic rings. The Morgan fingerprint density at radius 2 is 1.57 bits per heavy atom. The van der Waals surface area contributed by atoms with Gasteiger partial charge in [-0.1, -0.05) is 66.0 Å². The fourth-order valence-corrected chi connectivity index (χ4v) is 6.36. The minimum absolute atomic E-state index is 0.0248. The standard InChI is InChI=1S/C32H39Cl2N3O4S/c1-8-28(31(39)35-32(5,6)7)36(19-24-14-17-26(33)27(34)18-24)30(38)20-37(29-11-9-10-22(3)23(29)4)42(40,41)25-15-12-21(2)13-16-25/h9-18,28H,8,19-20H2,1-7H3,(H,35,39)/t28-/m1/s1. The monoisotopic (exact) mass is 631 g/mol. The van der Waals surface area contributed by atoms with Gasteiger partial charge in [0.1, 0.15) is 12.6 Å². The number of carbonyl (C=O) groups excluding carboxylic acids is 2. The van der Waals surface area contributed by atoms with Crippen LogP contribution in [-0.4, -0.2) is 43.3 Å². The van der Waals surface area contributed by atoms with Gasteiger partial charge in [-0.25, -0.2) is 8.42 Å². The summed E-state index contributed by atoms with van der Waals surface area (Å²) in [6, 6.07) is 16.0. The summed E-state index contributed by atoms with van der Waals surface area (Å²) in [4.78, 5) is 29.2. The maximum Gasteiger partial charge on any atom is 0.264 e. The molecule has 2 amide bonds. The molecule has 0 unspecified atom stereocenters. The molecular formula is C32H39Cl2N3O4S. The molecular weight excluding hydrogens is 593 g/mol. The molecule has 0 saturated heterocycles. The van der Waals surface area contributed by atoms with Crippen molar-refractivity contribution in [2.75, 3.05) is 10.8 Å². The van der Waals surface area contributed by atoms with Crippen molar-refractivity contribution in [2.24, 2.45) is 0 Å². The lowest BCUT2D eigenvalue weighted by atomic mass is 10.1. The quantitative estimate of drug-likeness (QED) is 0.265. The van der Waals surface area contributed by atoms with Crippen molar-refractivity contribution in [2.45, 2.75) is 77.9 Å². The Labute approximate surface area is 259 Å². The molecule has 0 bridgehead atoms. The molecule has 0 aliphatic rings. The fourth-order valence-electron chi connectivity index (χ4n) is 4.56. The zero-order chi connectivity index (χ0) is 31.4. The van der Waals surface area contributed by atoms with E-state index in [2.05, 4.69) is 5.32 Å². The van der Waals surface area contributed by atoms with Gasteiger partial charge in [-0.3, -0.25) is 13.9 Å². The first-order valence-corrected chi connectivity index (χ1v) is 16.0. The molecule has 226 valence electrons. The van der Waals surface area contributed by atoms with Crippen LogP contribution in [0.15, 0.2) is 65.6 Å². The number of rotatable bonds is 10. The zero-order valence-electron chi connectivity index (χ0n) is 25.2. The van der Waals surface area contributed by atoms with Crippen LogP contribution in [-0.2, 0) is 26.2 Å². The van der Waals surface area contributed by atoms with Gasteiger partial charge >= 0.3 is 0 Å². The number of hydrogen-bond acceptors (Lipinski definition) is 4. The maximum atomic E-state index is 14.3. The highest BCUT2D eigenvalue weighted by molar-refractivity contribution is 7.92. The largest absolute Gasteiger partial charge is 0.350 e. The van der Waals surface area contributed by atoms with Crippen molar-refractivity contribution in [3.63, 3.8) is 0 Å². The van der Waals surface area contributed by atoms with Crippen LogP contribution >= 0.6 is 23.2 Å². The third kappa shape index (κ3) is 8.06.